The SMILES string of the molecule is CC(C)COC(=O)CCCC(=O)Oc1cc(Cl)c(Cl)cc1Cl. The van der Waals surface area contributed by atoms with Crippen molar-refractivity contribution in [2.75, 3.05) is 6.61 Å². The maximum absolute atomic E-state index is 11.7. The van der Waals surface area contributed by atoms with Crippen molar-refractivity contribution in [1.29, 1.82) is 0 Å². The summed E-state index contributed by atoms with van der Waals surface area (Å²) in [6, 6.07) is 2.78. The van der Waals surface area contributed by atoms with Crippen LogP contribution in [-0.4, -0.2) is 18.5 Å². The van der Waals surface area contributed by atoms with Crippen LogP contribution in [0.4, 0.5) is 0 Å². The summed E-state index contributed by atoms with van der Waals surface area (Å²) >= 11 is 17.5. The molecule has 0 spiro atoms. The number of hydrogen-bond donors (Lipinski definition) is 0. The highest BCUT2D eigenvalue weighted by Gasteiger charge is 2.13. The fraction of sp³-hybridized carbons (Fsp3) is 0.467. The molecule has 22 heavy (non-hydrogen) atoms. The van der Waals surface area contributed by atoms with E-state index < -0.39 is 5.97 Å². The Hall–Kier alpha value is -0.970. The Bertz CT molecular complexity index is 544. The Morgan fingerprint density at radius 3 is 2.23 bits per heavy atom. The summed E-state index contributed by atoms with van der Waals surface area (Å²) in [4.78, 5) is 23.1. The van der Waals surface area contributed by atoms with Crippen molar-refractivity contribution in [1.82, 2.24) is 0 Å². The quantitative estimate of drug-likeness (QED) is 0.390. The third-order valence-corrected chi connectivity index (χ3v) is 3.56. The highest BCUT2D eigenvalue weighted by molar-refractivity contribution is 6.43. The van der Waals surface area contributed by atoms with Gasteiger partial charge in [-0.25, -0.2) is 0 Å². The van der Waals surface area contributed by atoms with Crippen LogP contribution in [0.3, 0.4) is 0 Å². The maximum Gasteiger partial charge on any atom is 0.311 e. The molecule has 0 aliphatic carbocycles. The molecule has 4 nitrogen and oxygen atoms in total. The normalized spacial score (nSPS) is 10.6. The molecule has 0 N–H and O–H groups in total. The van der Waals surface area contributed by atoms with E-state index in [0.717, 1.165) is 0 Å². The number of ether oxygens (including phenoxy) is 2. The van der Waals surface area contributed by atoms with Crippen molar-refractivity contribution >= 4 is 46.7 Å². The van der Waals surface area contributed by atoms with E-state index in [0.29, 0.717) is 13.0 Å². The van der Waals surface area contributed by atoms with Gasteiger partial charge in [-0.2, -0.15) is 0 Å². The van der Waals surface area contributed by atoms with E-state index in [2.05, 4.69) is 0 Å². The zero-order valence-electron chi connectivity index (χ0n) is 12.3. The molecule has 1 rings (SSSR count). The molecule has 0 saturated carbocycles. The summed E-state index contributed by atoms with van der Waals surface area (Å²) in [6.45, 7) is 4.28. The summed E-state index contributed by atoms with van der Waals surface area (Å²) < 4.78 is 10.1. The zero-order valence-corrected chi connectivity index (χ0v) is 14.6. The van der Waals surface area contributed by atoms with Gasteiger partial charge in [0.2, 0.25) is 0 Å². The molecule has 7 heteroatoms. The molecule has 0 heterocycles. The minimum atomic E-state index is -0.503. The molecule has 122 valence electrons. The number of hydrogen-bond acceptors (Lipinski definition) is 4. The molecule has 1 aromatic carbocycles. The van der Waals surface area contributed by atoms with E-state index in [-0.39, 0.29) is 45.5 Å². The molecular formula is C15H17Cl3O4. The Morgan fingerprint density at radius 1 is 1.00 bits per heavy atom. The maximum atomic E-state index is 11.7. The number of carbonyl (C=O) groups is 2. The molecule has 0 radical (unpaired) electrons. The van der Waals surface area contributed by atoms with Crippen LogP contribution in [0.15, 0.2) is 12.1 Å². The van der Waals surface area contributed by atoms with E-state index in [1.54, 1.807) is 0 Å². The van der Waals surface area contributed by atoms with Crippen molar-refractivity contribution in [2.45, 2.75) is 33.1 Å². The first kappa shape index (κ1) is 19.1. The number of rotatable bonds is 7. The summed E-state index contributed by atoms with van der Waals surface area (Å²) in [7, 11) is 0. The van der Waals surface area contributed by atoms with E-state index in [9.17, 15) is 9.59 Å². The molecule has 0 amide bonds. The van der Waals surface area contributed by atoms with Gasteiger partial charge < -0.3 is 9.47 Å². The molecule has 1 aromatic rings. The monoisotopic (exact) mass is 366 g/mol. The summed E-state index contributed by atoms with van der Waals surface area (Å²) in [6.07, 6.45) is 0.582. The molecule has 0 atom stereocenters. The van der Waals surface area contributed by atoms with Crippen molar-refractivity contribution in [3.8, 4) is 5.75 Å². The van der Waals surface area contributed by atoms with Gasteiger partial charge in [0.15, 0.2) is 5.75 Å². The average Bonchev–Trinajstić information content (AvgIpc) is 2.42. The summed E-state index contributed by atoms with van der Waals surface area (Å²) in [5.41, 5.74) is 0. The third-order valence-electron chi connectivity index (χ3n) is 2.54. The third kappa shape index (κ3) is 6.86. The van der Waals surface area contributed by atoms with Crippen LogP contribution in [0.5, 0.6) is 5.75 Å². The lowest BCUT2D eigenvalue weighted by atomic mass is 10.2. The zero-order chi connectivity index (χ0) is 16.7. The summed E-state index contributed by atoms with van der Waals surface area (Å²) in [5, 5.41) is 0.713. The second-order valence-corrected chi connectivity index (χ2v) is 6.32. The first-order valence-corrected chi connectivity index (χ1v) is 7.93. The lowest BCUT2D eigenvalue weighted by Gasteiger charge is -2.08. The number of esters is 2. The van der Waals surface area contributed by atoms with E-state index in [4.69, 9.17) is 44.3 Å². The number of benzene rings is 1. The van der Waals surface area contributed by atoms with Crippen LogP contribution in [0.25, 0.3) is 0 Å². The van der Waals surface area contributed by atoms with Crippen molar-refractivity contribution in [2.24, 2.45) is 5.92 Å². The second-order valence-electron chi connectivity index (χ2n) is 5.10. The minimum Gasteiger partial charge on any atom is -0.465 e. The first-order chi connectivity index (χ1) is 10.3. The fourth-order valence-corrected chi connectivity index (χ4v) is 2.04. The largest absolute Gasteiger partial charge is 0.465 e. The highest BCUT2D eigenvalue weighted by atomic mass is 35.5. The van der Waals surface area contributed by atoms with Crippen molar-refractivity contribution < 1.29 is 19.1 Å². The molecular weight excluding hydrogens is 351 g/mol. The van der Waals surface area contributed by atoms with Gasteiger partial charge in [-0.05, 0) is 18.4 Å². The van der Waals surface area contributed by atoms with Gasteiger partial charge in [-0.3, -0.25) is 9.59 Å². The van der Waals surface area contributed by atoms with Gasteiger partial charge in [0.1, 0.15) is 0 Å². The Labute approximate surface area is 144 Å². The smallest absolute Gasteiger partial charge is 0.311 e. The molecule has 0 saturated heterocycles. The average molecular weight is 368 g/mol. The number of halogens is 3. The van der Waals surface area contributed by atoms with Gasteiger partial charge in [0.25, 0.3) is 0 Å². The van der Waals surface area contributed by atoms with Crippen molar-refractivity contribution in [3.05, 3.63) is 27.2 Å². The predicted octanol–water partition coefficient (Wildman–Crippen LogP) is 4.92. The van der Waals surface area contributed by atoms with Gasteiger partial charge in [-0.1, -0.05) is 48.7 Å². The van der Waals surface area contributed by atoms with Crippen LogP contribution in [0.2, 0.25) is 15.1 Å². The standard InChI is InChI=1S/C15H17Cl3O4/c1-9(2)8-21-14(19)4-3-5-15(20)22-13-7-11(17)10(16)6-12(13)18/h6-7,9H,3-5,8H2,1-2H3. The molecule has 0 unspecified atom stereocenters. The molecule has 0 aliphatic heterocycles. The minimum absolute atomic E-state index is 0.0767. The lowest BCUT2D eigenvalue weighted by Crippen LogP contribution is -2.12. The van der Waals surface area contributed by atoms with Crippen LogP contribution < -0.4 is 4.74 Å². The molecule has 0 bridgehead atoms. The first-order valence-electron chi connectivity index (χ1n) is 6.80. The van der Waals surface area contributed by atoms with Crippen LogP contribution in [-0.2, 0) is 14.3 Å². The molecule has 0 aromatic heterocycles. The predicted molar refractivity (Wildman–Crippen MR) is 86.8 cm³/mol. The molecule has 0 aliphatic rings. The van der Waals surface area contributed by atoms with Crippen molar-refractivity contribution in [3.63, 3.8) is 0 Å². The van der Waals surface area contributed by atoms with E-state index >= 15 is 0 Å². The van der Waals surface area contributed by atoms with E-state index in [1.807, 2.05) is 13.8 Å². The van der Waals surface area contributed by atoms with E-state index in [1.165, 1.54) is 12.1 Å². The topological polar surface area (TPSA) is 52.6 Å². The van der Waals surface area contributed by atoms with Crippen LogP contribution in [0, 0.1) is 5.92 Å². The van der Waals surface area contributed by atoms with Crippen LogP contribution >= 0.6 is 34.8 Å². The molecule has 0 fully saturated rings. The van der Waals surface area contributed by atoms with Gasteiger partial charge in [0.05, 0.1) is 21.7 Å². The summed E-state index contributed by atoms with van der Waals surface area (Å²) in [5.74, 6) is -0.403. The number of carbonyl (C=O) groups excluding carboxylic acids is 2. The Balaban J connectivity index is 2.38. The Morgan fingerprint density at radius 2 is 1.59 bits per heavy atom. The van der Waals surface area contributed by atoms with Crippen LogP contribution in [0.1, 0.15) is 33.1 Å². The van der Waals surface area contributed by atoms with Gasteiger partial charge in [0, 0.05) is 18.9 Å². The second kappa shape index (κ2) is 9.23. The van der Waals surface area contributed by atoms with Gasteiger partial charge in [-0.15, -0.1) is 0 Å². The van der Waals surface area contributed by atoms with Gasteiger partial charge >= 0.3 is 11.9 Å². The lowest BCUT2D eigenvalue weighted by molar-refractivity contribution is -0.145. The Kier molecular flexibility index (Phi) is 8.01. The highest BCUT2D eigenvalue weighted by Crippen LogP contribution is 2.34. The fourth-order valence-electron chi connectivity index (χ4n) is 1.47.